The zero-order valence-corrected chi connectivity index (χ0v) is 10.8. The zero-order valence-electron chi connectivity index (χ0n) is 6.79. The van der Waals surface area contributed by atoms with Gasteiger partial charge in [-0.1, -0.05) is 0 Å². The third-order valence-electron chi connectivity index (χ3n) is 1.47. The van der Waals surface area contributed by atoms with Crippen LogP contribution in [0, 0.1) is 0 Å². The van der Waals surface area contributed by atoms with Crippen LogP contribution in [0.15, 0.2) is 22.8 Å². The van der Waals surface area contributed by atoms with Crippen LogP contribution in [0.1, 0.15) is 0 Å². The predicted octanol–water partition coefficient (Wildman–Crippen LogP) is -1.31. The van der Waals surface area contributed by atoms with Crippen molar-refractivity contribution in [2.75, 3.05) is 12.4 Å². The molecule has 0 radical (unpaired) electrons. The highest BCUT2D eigenvalue weighted by Crippen LogP contribution is 2.12. The molecule has 3 nitrogen and oxygen atoms in total. The summed E-state index contributed by atoms with van der Waals surface area (Å²) in [5.74, 6) is 0. The molecule has 0 spiro atoms. The molecule has 0 saturated heterocycles. The maximum Gasteiger partial charge on any atom is 0.342 e. The van der Waals surface area contributed by atoms with E-state index in [0.717, 1.165) is 15.3 Å². The summed E-state index contributed by atoms with van der Waals surface area (Å²) in [6.07, 6.45) is 1.99. The largest absolute Gasteiger partial charge is 1.00 e. The standard InChI is InChI=1S/C7H6BrN3S.BrH/c1-9-7-10-6-3-2-5(8)4-11(6)12-7;/h2-4H,1H3;1H. The molecule has 0 atom stereocenters. The van der Waals surface area contributed by atoms with Gasteiger partial charge in [0.05, 0.1) is 4.47 Å². The van der Waals surface area contributed by atoms with E-state index in [-0.39, 0.29) is 17.0 Å². The first kappa shape index (κ1) is 10.9. The monoisotopic (exact) mass is 323 g/mol. The van der Waals surface area contributed by atoms with Crippen LogP contribution in [0.25, 0.3) is 5.65 Å². The number of halogens is 2. The highest BCUT2D eigenvalue weighted by atomic mass is 79.9. The number of anilines is 1. The molecule has 0 unspecified atom stereocenters. The maximum atomic E-state index is 4.32. The number of hydrogen-bond donors (Lipinski definition) is 1. The molecule has 6 heteroatoms. The Balaban J connectivity index is 0.000000845. The Bertz CT molecular complexity index is 415. The number of pyridine rings is 1. The lowest BCUT2D eigenvalue weighted by atomic mass is 10.5. The van der Waals surface area contributed by atoms with Crippen LogP contribution in [0.2, 0.25) is 0 Å². The van der Waals surface area contributed by atoms with Gasteiger partial charge in [-0.2, -0.15) is 0 Å². The fourth-order valence-electron chi connectivity index (χ4n) is 0.928. The SMILES string of the molecule is CNc1nc2ccc(Br)c[n+]2s1.[Br-]. The van der Waals surface area contributed by atoms with Crippen LogP contribution >= 0.6 is 27.5 Å². The third-order valence-corrected chi connectivity index (χ3v) is 2.90. The summed E-state index contributed by atoms with van der Waals surface area (Å²) in [6.45, 7) is 0. The Morgan fingerprint density at radius 3 is 3.00 bits per heavy atom. The Labute approximate surface area is 98.9 Å². The van der Waals surface area contributed by atoms with Gasteiger partial charge in [0.1, 0.15) is 17.7 Å². The van der Waals surface area contributed by atoms with Gasteiger partial charge in [0, 0.05) is 13.1 Å². The number of fused-ring (bicyclic) bond motifs is 1. The highest BCUT2D eigenvalue weighted by molar-refractivity contribution is 9.10. The van der Waals surface area contributed by atoms with Gasteiger partial charge in [-0.15, -0.1) is 3.79 Å². The van der Waals surface area contributed by atoms with Crippen LogP contribution in [0.5, 0.6) is 0 Å². The van der Waals surface area contributed by atoms with Crippen molar-refractivity contribution in [1.82, 2.24) is 4.98 Å². The van der Waals surface area contributed by atoms with E-state index in [1.807, 2.05) is 29.2 Å². The van der Waals surface area contributed by atoms with E-state index in [4.69, 9.17) is 0 Å². The average molecular weight is 325 g/mol. The first-order valence-corrected chi connectivity index (χ1v) is 5.02. The maximum absolute atomic E-state index is 4.32. The summed E-state index contributed by atoms with van der Waals surface area (Å²) in [6, 6.07) is 3.95. The minimum atomic E-state index is 0. The topological polar surface area (TPSA) is 29.0 Å². The Morgan fingerprint density at radius 1 is 1.54 bits per heavy atom. The minimum absolute atomic E-state index is 0. The van der Waals surface area contributed by atoms with E-state index in [1.165, 1.54) is 0 Å². The van der Waals surface area contributed by atoms with Gasteiger partial charge in [0.2, 0.25) is 0 Å². The van der Waals surface area contributed by atoms with E-state index in [2.05, 4.69) is 26.2 Å². The molecular formula is C7H7Br2N3S. The van der Waals surface area contributed by atoms with Crippen LogP contribution < -0.4 is 26.1 Å². The summed E-state index contributed by atoms with van der Waals surface area (Å²) >= 11 is 4.98. The molecule has 2 rings (SSSR count). The van der Waals surface area contributed by atoms with Gasteiger partial charge in [-0.05, 0) is 27.0 Å². The van der Waals surface area contributed by atoms with Crippen molar-refractivity contribution in [1.29, 1.82) is 0 Å². The Hall–Kier alpha value is -0.200. The fourth-order valence-corrected chi connectivity index (χ4v) is 2.17. The fraction of sp³-hybridized carbons (Fsp3) is 0.143. The van der Waals surface area contributed by atoms with E-state index in [0.29, 0.717) is 0 Å². The second kappa shape index (κ2) is 4.34. The first-order chi connectivity index (χ1) is 5.79. The van der Waals surface area contributed by atoms with Crippen LogP contribution in [-0.2, 0) is 0 Å². The van der Waals surface area contributed by atoms with Crippen LogP contribution in [-0.4, -0.2) is 12.0 Å². The number of hydrogen-bond acceptors (Lipinski definition) is 3. The normalized spacial score (nSPS) is 9.69. The van der Waals surface area contributed by atoms with Gasteiger partial charge in [-0.3, -0.25) is 0 Å². The molecule has 0 fully saturated rings. The Morgan fingerprint density at radius 2 is 2.31 bits per heavy atom. The van der Waals surface area contributed by atoms with Crippen molar-refractivity contribution in [3.05, 3.63) is 22.8 Å². The first-order valence-electron chi connectivity index (χ1n) is 3.45. The lowest BCUT2D eigenvalue weighted by Crippen LogP contribution is -3.00. The van der Waals surface area contributed by atoms with Crippen molar-refractivity contribution in [2.24, 2.45) is 0 Å². The molecule has 1 N–H and O–H groups in total. The molecule has 0 aliphatic rings. The van der Waals surface area contributed by atoms with Crippen LogP contribution in [0.4, 0.5) is 5.13 Å². The van der Waals surface area contributed by atoms with Crippen molar-refractivity contribution < 1.29 is 20.8 Å². The summed E-state index contributed by atoms with van der Waals surface area (Å²) in [4.78, 5) is 4.32. The summed E-state index contributed by atoms with van der Waals surface area (Å²) in [7, 11) is 1.87. The van der Waals surface area contributed by atoms with Gasteiger partial charge < -0.3 is 22.3 Å². The Kier molecular flexibility index (Phi) is 3.63. The summed E-state index contributed by atoms with van der Waals surface area (Å²) in [5, 5.41) is 3.93. The third kappa shape index (κ3) is 2.18. The number of nitrogens with one attached hydrogen (secondary N) is 1. The second-order valence-corrected chi connectivity index (χ2v) is 4.17. The molecule has 13 heavy (non-hydrogen) atoms. The average Bonchev–Trinajstić information content (AvgIpc) is 2.46. The molecular weight excluding hydrogens is 318 g/mol. The molecule has 70 valence electrons. The van der Waals surface area contributed by atoms with Gasteiger partial charge in [0.25, 0.3) is 0 Å². The van der Waals surface area contributed by atoms with Gasteiger partial charge >= 0.3 is 10.8 Å². The quantitative estimate of drug-likeness (QED) is 0.660. The smallest absolute Gasteiger partial charge is 0.342 e. The van der Waals surface area contributed by atoms with E-state index < -0.39 is 0 Å². The summed E-state index contributed by atoms with van der Waals surface area (Å²) in [5.41, 5.74) is 0.965. The molecule has 2 heterocycles. The summed E-state index contributed by atoms with van der Waals surface area (Å²) < 4.78 is 3.07. The molecule has 0 bridgehead atoms. The molecule has 2 aromatic heterocycles. The molecule has 0 aliphatic heterocycles. The molecule has 0 aromatic carbocycles. The number of nitrogens with zero attached hydrogens (tertiary/aromatic N) is 2. The molecule has 0 aliphatic carbocycles. The van der Waals surface area contributed by atoms with Crippen LogP contribution in [0.3, 0.4) is 0 Å². The highest BCUT2D eigenvalue weighted by Gasteiger charge is 2.11. The zero-order chi connectivity index (χ0) is 8.55. The van der Waals surface area contributed by atoms with Gasteiger partial charge in [-0.25, -0.2) is 0 Å². The van der Waals surface area contributed by atoms with Crippen molar-refractivity contribution in [3.8, 4) is 0 Å². The van der Waals surface area contributed by atoms with Crippen molar-refractivity contribution in [2.45, 2.75) is 0 Å². The van der Waals surface area contributed by atoms with Crippen molar-refractivity contribution in [3.63, 3.8) is 0 Å². The second-order valence-electron chi connectivity index (χ2n) is 2.29. The lowest BCUT2D eigenvalue weighted by Gasteiger charge is -1.81. The number of rotatable bonds is 1. The van der Waals surface area contributed by atoms with Gasteiger partial charge in [0.15, 0.2) is 0 Å². The lowest BCUT2D eigenvalue weighted by molar-refractivity contribution is -0.434. The minimum Gasteiger partial charge on any atom is -1.00 e. The molecule has 0 amide bonds. The molecule has 2 aromatic rings. The number of aromatic nitrogens is 2. The van der Waals surface area contributed by atoms with E-state index in [9.17, 15) is 0 Å². The van der Waals surface area contributed by atoms with E-state index >= 15 is 0 Å². The molecule has 0 saturated carbocycles. The van der Waals surface area contributed by atoms with Crippen molar-refractivity contribution >= 4 is 38.2 Å². The predicted molar refractivity (Wildman–Crippen MR) is 52.5 cm³/mol. The van der Waals surface area contributed by atoms with E-state index in [1.54, 1.807) is 11.5 Å².